The number of hydrogen-bond acceptors (Lipinski definition) is 9. The van der Waals surface area contributed by atoms with Crippen LogP contribution in [0.2, 0.25) is 0 Å². The van der Waals surface area contributed by atoms with Crippen LogP contribution in [-0.2, 0) is 16.1 Å². The largest absolute Gasteiger partial charge is 0.486 e. The van der Waals surface area contributed by atoms with Crippen molar-refractivity contribution in [3.8, 4) is 17.3 Å². The molecule has 4 rings (SSSR count). The zero-order valence-corrected chi connectivity index (χ0v) is 16.5. The predicted molar refractivity (Wildman–Crippen MR) is 102 cm³/mol. The number of aromatic nitrogens is 4. The summed E-state index contributed by atoms with van der Waals surface area (Å²) in [7, 11) is 0. The van der Waals surface area contributed by atoms with Gasteiger partial charge in [0, 0.05) is 6.92 Å². The molecule has 0 amide bonds. The van der Waals surface area contributed by atoms with Crippen molar-refractivity contribution in [3.05, 3.63) is 46.8 Å². The molecule has 1 aromatic carbocycles. The minimum Gasteiger partial charge on any atom is -0.486 e. The lowest BCUT2D eigenvalue weighted by atomic mass is 10.1. The normalized spacial score (nSPS) is 13.9. The van der Waals surface area contributed by atoms with Crippen molar-refractivity contribution in [3.63, 3.8) is 0 Å². The Bertz CT molecular complexity index is 972. The van der Waals surface area contributed by atoms with E-state index in [1.54, 1.807) is 6.07 Å². The van der Waals surface area contributed by atoms with E-state index in [0.29, 0.717) is 5.69 Å². The molecule has 0 saturated carbocycles. The first-order valence-corrected chi connectivity index (χ1v) is 9.34. The van der Waals surface area contributed by atoms with Gasteiger partial charge < -0.3 is 18.8 Å². The monoisotopic (exact) mass is 445 g/mol. The average Bonchev–Trinajstić information content (AvgIpc) is 3.13. The zero-order chi connectivity index (χ0) is 19.5. The maximum absolute atomic E-state index is 10.8. The number of rotatable bonds is 6. The SMILES string of the molecule is CC(=O)OCc1nnc(-c2ccc(N3CC(Oc4ccccc4Br)C3)nn2)o1. The Balaban J connectivity index is 1.33. The number of esters is 1. The molecule has 2 aromatic heterocycles. The molecule has 3 heterocycles. The first kappa shape index (κ1) is 18.4. The number of para-hydroxylation sites is 1. The van der Waals surface area contributed by atoms with Gasteiger partial charge >= 0.3 is 5.97 Å². The fraction of sp³-hybridized carbons (Fsp3) is 0.278. The van der Waals surface area contributed by atoms with Gasteiger partial charge in [0.25, 0.3) is 11.8 Å². The Morgan fingerprint density at radius 3 is 2.71 bits per heavy atom. The van der Waals surface area contributed by atoms with Crippen LogP contribution < -0.4 is 9.64 Å². The Morgan fingerprint density at radius 1 is 1.18 bits per heavy atom. The van der Waals surface area contributed by atoms with E-state index in [-0.39, 0.29) is 24.5 Å². The van der Waals surface area contributed by atoms with E-state index in [2.05, 4.69) is 41.2 Å². The van der Waals surface area contributed by atoms with Gasteiger partial charge in [-0.15, -0.1) is 20.4 Å². The number of benzene rings is 1. The molecule has 144 valence electrons. The summed E-state index contributed by atoms with van der Waals surface area (Å²) < 4.78 is 17.1. The van der Waals surface area contributed by atoms with Crippen molar-refractivity contribution in [2.75, 3.05) is 18.0 Å². The molecule has 10 heteroatoms. The lowest BCUT2D eigenvalue weighted by Crippen LogP contribution is -2.54. The number of hydrogen-bond donors (Lipinski definition) is 0. The second kappa shape index (κ2) is 7.93. The van der Waals surface area contributed by atoms with Crippen LogP contribution in [0.3, 0.4) is 0 Å². The maximum Gasteiger partial charge on any atom is 0.303 e. The van der Waals surface area contributed by atoms with Crippen molar-refractivity contribution < 1.29 is 18.7 Å². The molecule has 9 nitrogen and oxygen atoms in total. The Hall–Kier alpha value is -3.01. The van der Waals surface area contributed by atoms with Crippen LogP contribution in [0.4, 0.5) is 5.82 Å². The number of nitrogens with zero attached hydrogens (tertiary/aromatic N) is 5. The van der Waals surface area contributed by atoms with E-state index in [1.807, 2.05) is 30.3 Å². The first-order chi connectivity index (χ1) is 13.6. The first-order valence-electron chi connectivity index (χ1n) is 8.54. The van der Waals surface area contributed by atoms with E-state index in [1.165, 1.54) is 6.92 Å². The van der Waals surface area contributed by atoms with Crippen LogP contribution in [0, 0.1) is 0 Å². The third kappa shape index (κ3) is 4.11. The lowest BCUT2D eigenvalue weighted by molar-refractivity contribution is -0.142. The highest BCUT2D eigenvalue weighted by Crippen LogP contribution is 2.28. The van der Waals surface area contributed by atoms with Crippen LogP contribution in [0.5, 0.6) is 5.75 Å². The number of carbonyl (C=O) groups excluding carboxylic acids is 1. The zero-order valence-electron chi connectivity index (χ0n) is 14.9. The minimum absolute atomic E-state index is 0.0689. The molecule has 0 unspecified atom stereocenters. The van der Waals surface area contributed by atoms with E-state index in [4.69, 9.17) is 13.9 Å². The van der Waals surface area contributed by atoms with Gasteiger partial charge in [-0.05, 0) is 40.2 Å². The van der Waals surface area contributed by atoms with E-state index < -0.39 is 5.97 Å². The summed E-state index contributed by atoms with van der Waals surface area (Å²) >= 11 is 3.48. The number of anilines is 1. The smallest absolute Gasteiger partial charge is 0.303 e. The molecule has 1 saturated heterocycles. The predicted octanol–water partition coefficient (Wildman–Crippen LogP) is 2.62. The molecular weight excluding hydrogens is 430 g/mol. The molecule has 3 aromatic rings. The van der Waals surface area contributed by atoms with Crippen LogP contribution in [0.15, 0.2) is 45.3 Å². The minimum atomic E-state index is -0.416. The molecule has 0 aliphatic carbocycles. The molecule has 0 spiro atoms. The van der Waals surface area contributed by atoms with Gasteiger partial charge in [0.15, 0.2) is 12.4 Å². The number of carbonyl (C=O) groups is 1. The summed E-state index contributed by atoms with van der Waals surface area (Å²) in [4.78, 5) is 12.9. The average molecular weight is 446 g/mol. The summed E-state index contributed by atoms with van der Waals surface area (Å²) in [5.74, 6) is 1.58. The maximum atomic E-state index is 10.8. The van der Waals surface area contributed by atoms with E-state index >= 15 is 0 Å². The summed E-state index contributed by atoms with van der Waals surface area (Å²) in [6, 6.07) is 11.4. The summed E-state index contributed by atoms with van der Waals surface area (Å²) in [5, 5.41) is 16.1. The topological polar surface area (TPSA) is 103 Å². The summed E-state index contributed by atoms with van der Waals surface area (Å²) in [6.45, 7) is 2.69. The van der Waals surface area contributed by atoms with Crippen LogP contribution in [-0.4, -0.2) is 45.6 Å². The van der Waals surface area contributed by atoms with Gasteiger partial charge in [0.1, 0.15) is 17.5 Å². The molecule has 28 heavy (non-hydrogen) atoms. The third-order valence-electron chi connectivity index (χ3n) is 4.04. The van der Waals surface area contributed by atoms with E-state index in [0.717, 1.165) is 29.1 Å². The van der Waals surface area contributed by atoms with Gasteiger partial charge in [-0.3, -0.25) is 4.79 Å². The fourth-order valence-corrected chi connectivity index (χ4v) is 2.98. The molecule has 1 aliphatic rings. The second-order valence-corrected chi connectivity index (χ2v) is 6.99. The second-order valence-electron chi connectivity index (χ2n) is 6.13. The molecule has 0 atom stereocenters. The number of halogens is 1. The highest BCUT2D eigenvalue weighted by molar-refractivity contribution is 9.10. The Morgan fingerprint density at radius 2 is 2.00 bits per heavy atom. The molecule has 1 aliphatic heterocycles. The van der Waals surface area contributed by atoms with Gasteiger partial charge in [0.2, 0.25) is 0 Å². The summed E-state index contributed by atoms with van der Waals surface area (Å²) in [5.41, 5.74) is 0.451. The Labute approximate surface area is 168 Å². The highest BCUT2D eigenvalue weighted by Gasteiger charge is 2.30. The molecule has 1 fully saturated rings. The van der Waals surface area contributed by atoms with Crippen molar-refractivity contribution in [1.82, 2.24) is 20.4 Å². The van der Waals surface area contributed by atoms with E-state index in [9.17, 15) is 4.79 Å². The Kier molecular flexibility index (Phi) is 5.20. The third-order valence-corrected chi connectivity index (χ3v) is 4.69. The van der Waals surface area contributed by atoms with Crippen LogP contribution in [0.25, 0.3) is 11.6 Å². The molecular formula is C18H16BrN5O4. The van der Waals surface area contributed by atoms with Crippen molar-refractivity contribution in [1.29, 1.82) is 0 Å². The van der Waals surface area contributed by atoms with Crippen molar-refractivity contribution in [2.45, 2.75) is 19.6 Å². The molecule has 0 N–H and O–H groups in total. The van der Waals surface area contributed by atoms with Gasteiger partial charge in [-0.2, -0.15) is 0 Å². The highest BCUT2D eigenvalue weighted by atomic mass is 79.9. The van der Waals surface area contributed by atoms with Crippen LogP contribution in [0.1, 0.15) is 12.8 Å². The van der Waals surface area contributed by atoms with Gasteiger partial charge in [0.05, 0.1) is 17.6 Å². The van der Waals surface area contributed by atoms with Crippen LogP contribution >= 0.6 is 15.9 Å². The lowest BCUT2D eigenvalue weighted by Gasteiger charge is -2.39. The number of ether oxygens (including phenoxy) is 2. The van der Waals surface area contributed by atoms with Gasteiger partial charge in [-0.25, -0.2) is 0 Å². The van der Waals surface area contributed by atoms with Crippen molar-refractivity contribution in [2.24, 2.45) is 0 Å². The molecule has 0 radical (unpaired) electrons. The quantitative estimate of drug-likeness (QED) is 0.529. The summed E-state index contributed by atoms with van der Waals surface area (Å²) in [6.07, 6.45) is 0.0972. The standard InChI is InChI=1S/C18H16BrN5O4/c1-11(25)26-10-17-22-23-18(28-17)14-6-7-16(21-20-14)24-8-12(9-24)27-15-5-3-2-4-13(15)19/h2-7,12H,8-10H2,1H3. The van der Waals surface area contributed by atoms with Crippen molar-refractivity contribution >= 4 is 27.7 Å². The van der Waals surface area contributed by atoms with Gasteiger partial charge in [-0.1, -0.05) is 12.1 Å². The fourth-order valence-electron chi connectivity index (χ4n) is 2.61. The molecule has 0 bridgehead atoms.